The van der Waals surface area contributed by atoms with Gasteiger partial charge in [0.05, 0.1) is 0 Å². The van der Waals surface area contributed by atoms with Crippen LogP contribution in [0.5, 0.6) is 5.75 Å². The van der Waals surface area contributed by atoms with Crippen molar-refractivity contribution in [2.45, 2.75) is 77.6 Å². The first-order valence-corrected chi connectivity index (χ1v) is 10.4. The lowest BCUT2D eigenvalue weighted by atomic mass is 9.55. The molecule has 0 spiro atoms. The number of aryl methyl sites for hydroxylation is 1. The van der Waals surface area contributed by atoms with Crippen LogP contribution >= 0.6 is 0 Å². The molecule has 0 radical (unpaired) electrons. The molecule has 4 atom stereocenters. The maximum absolute atomic E-state index is 12.4. The molecule has 3 heteroatoms. The number of rotatable bonds is 4. The highest BCUT2D eigenvalue weighted by molar-refractivity contribution is 5.87. The zero-order valence-corrected chi connectivity index (χ0v) is 16.1. The lowest BCUT2D eigenvalue weighted by Crippen LogP contribution is -2.42. The van der Waals surface area contributed by atoms with Crippen molar-refractivity contribution in [3.8, 4) is 5.75 Å². The number of carbonyl (C=O) groups is 2. The van der Waals surface area contributed by atoms with E-state index in [4.69, 9.17) is 4.74 Å². The topological polar surface area (TPSA) is 43.4 Å². The Hall–Kier alpha value is -1.64. The summed E-state index contributed by atoms with van der Waals surface area (Å²) in [5.74, 6) is 2.85. The summed E-state index contributed by atoms with van der Waals surface area (Å²) in [7, 11) is 0. The van der Waals surface area contributed by atoms with Gasteiger partial charge in [-0.15, -0.1) is 0 Å². The second-order valence-electron chi connectivity index (χ2n) is 8.77. The fourth-order valence-electron chi connectivity index (χ4n) is 5.90. The van der Waals surface area contributed by atoms with E-state index in [1.807, 2.05) is 6.07 Å². The maximum Gasteiger partial charge on any atom is 0.311 e. The van der Waals surface area contributed by atoms with Crippen LogP contribution in [0.1, 0.15) is 82.3 Å². The summed E-state index contributed by atoms with van der Waals surface area (Å²) in [5, 5.41) is 0. The Morgan fingerprint density at radius 3 is 2.88 bits per heavy atom. The van der Waals surface area contributed by atoms with Gasteiger partial charge in [0.25, 0.3) is 0 Å². The van der Waals surface area contributed by atoms with Crippen molar-refractivity contribution < 1.29 is 14.3 Å². The Labute approximate surface area is 156 Å². The fourth-order valence-corrected chi connectivity index (χ4v) is 5.90. The summed E-state index contributed by atoms with van der Waals surface area (Å²) >= 11 is 0. The number of hydrogen-bond acceptors (Lipinski definition) is 3. The summed E-state index contributed by atoms with van der Waals surface area (Å²) in [5.41, 5.74) is 2.73. The van der Waals surface area contributed by atoms with Crippen LogP contribution in [0.2, 0.25) is 0 Å². The minimum Gasteiger partial charge on any atom is -0.427 e. The van der Waals surface area contributed by atoms with Crippen LogP contribution < -0.4 is 4.74 Å². The molecule has 0 aliphatic heterocycles. The van der Waals surface area contributed by atoms with Crippen LogP contribution in [-0.2, 0) is 16.0 Å². The summed E-state index contributed by atoms with van der Waals surface area (Å²) < 4.78 is 5.53. The largest absolute Gasteiger partial charge is 0.427 e. The van der Waals surface area contributed by atoms with E-state index in [-0.39, 0.29) is 11.4 Å². The quantitative estimate of drug-likeness (QED) is 0.551. The van der Waals surface area contributed by atoms with Gasteiger partial charge in [0.1, 0.15) is 11.5 Å². The molecule has 0 heterocycles. The fraction of sp³-hybridized carbons (Fsp3) is 0.652. The number of fused-ring (bicyclic) bond motifs is 5. The van der Waals surface area contributed by atoms with Gasteiger partial charge in [-0.3, -0.25) is 9.59 Å². The molecule has 0 aromatic heterocycles. The Balaban J connectivity index is 1.52. The lowest BCUT2D eigenvalue weighted by Gasteiger charge is -2.48. The Bertz CT molecular complexity index is 722. The molecule has 3 aliphatic rings. The highest BCUT2D eigenvalue weighted by Gasteiger charge is 2.54. The molecule has 2 saturated carbocycles. The maximum atomic E-state index is 12.4. The number of ketones is 1. The Kier molecular flexibility index (Phi) is 4.66. The number of esters is 1. The lowest BCUT2D eigenvalue weighted by molar-refractivity contribution is -0.134. The van der Waals surface area contributed by atoms with Crippen molar-refractivity contribution >= 4 is 11.8 Å². The van der Waals surface area contributed by atoms with Crippen molar-refractivity contribution in [1.82, 2.24) is 0 Å². The van der Waals surface area contributed by atoms with E-state index < -0.39 is 0 Å². The first kappa shape index (κ1) is 17.8. The third-order valence-electron chi connectivity index (χ3n) is 7.37. The van der Waals surface area contributed by atoms with Crippen LogP contribution in [0.15, 0.2) is 18.2 Å². The highest BCUT2D eigenvalue weighted by Crippen LogP contribution is 2.59. The summed E-state index contributed by atoms with van der Waals surface area (Å²) in [6, 6.07) is 6.25. The van der Waals surface area contributed by atoms with Gasteiger partial charge >= 0.3 is 5.97 Å². The molecule has 0 N–H and O–H groups in total. The van der Waals surface area contributed by atoms with Crippen molar-refractivity contribution in [3.63, 3.8) is 0 Å². The van der Waals surface area contributed by atoms with Crippen LogP contribution in [-0.4, -0.2) is 11.8 Å². The first-order chi connectivity index (χ1) is 12.5. The molecule has 1 aromatic carbocycles. The molecule has 1 aromatic rings. The number of carbonyl (C=O) groups excluding carboxylic acids is 2. The van der Waals surface area contributed by atoms with Gasteiger partial charge in [-0.1, -0.05) is 26.3 Å². The molecule has 3 aliphatic carbocycles. The number of benzene rings is 1. The van der Waals surface area contributed by atoms with E-state index in [9.17, 15) is 9.59 Å². The number of Topliss-reactive ketones (excluding diaryl/α,β-unsaturated/α-hetero) is 1. The number of unbranched alkanes of at least 4 members (excludes halogenated alkanes) is 1. The van der Waals surface area contributed by atoms with E-state index >= 15 is 0 Å². The van der Waals surface area contributed by atoms with Gasteiger partial charge in [-0.2, -0.15) is 0 Å². The molecule has 140 valence electrons. The van der Waals surface area contributed by atoms with Gasteiger partial charge in [0, 0.05) is 18.3 Å². The molecule has 0 bridgehead atoms. The van der Waals surface area contributed by atoms with Crippen molar-refractivity contribution in [2.75, 3.05) is 0 Å². The SMILES string of the molecule is CCCCC(=O)Oc1ccc2c(c1)CC[C@@H]1[C@H]3CCC(=O)[C@]3(C)CC[C@@H]21. The zero-order valence-electron chi connectivity index (χ0n) is 16.1. The standard InChI is InChI=1S/C23H30O3/c1-3-4-5-22(25)26-16-7-9-17-15(14-16)6-8-19-18(17)12-13-23(2)20(19)10-11-21(23)24/h7,9,14,18-20H,3-6,8,10-13H2,1-2H3/t18-,19-,20+,23+/m0/s1. The predicted molar refractivity (Wildman–Crippen MR) is 101 cm³/mol. The van der Waals surface area contributed by atoms with Crippen LogP contribution in [0.3, 0.4) is 0 Å². The Morgan fingerprint density at radius 2 is 2.08 bits per heavy atom. The van der Waals surface area contributed by atoms with E-state index in [1.165, 1.54) is 17.5 Å². The van der Waals surface area contributed by atoms with Crippen LogP contribution in [0.4, 0.5) is 0 Å². The molecule has 0 amide bonds. The van der Waals surface area contributed by atoms with Gasteiger partial charge < -0.3 is 4.74 Å². The normalized spacial score (nSPS) is 32.5. The molecule has 26 heavy (non-hydrogen) atoms. The monoisotopic (exact) mass is 354 g/mol. The Morgan fingerprint density at radius 1 is 1.23 bits per heavy atom. The van der Waals surface area contributed by atoms with E-state index in [0.29, 0.717) is 35.7 Å². The zero-order chi connectivity index (χ0) is 18.3. The first-order valence-electron chi connectivity index (χ1n) is 10.4. The van der Waals surface area contributed by atoms with Gasteiger partial charge in [-0.05, 0) is 79.5 Å². The predicted octanol–water partition coefficient (Wildman–Crippen LogP) is 5.21. The summed E-state index contributed by atoms with van der Waals surface area (Å²) in [6.45, 7) is 4.30. The number of ether oxygens (including phenoxy) is 1. The smallest absolute Gasteiger partial charge is 0.311 e. The second kappa shape index (κ2) is 6.83. The average molecular weight is 354 g/mol. The van der Waals surface area contributed by atoms with Crippen LogP contribution in [0, 0.1) is 17.3 Å². The third kappa shape index (κ3) is 2.90. The molecule has 4 rings (SSSR count). The molecular weight excluding hydrogens is 324 g/mol. The molecule has 3 nitrogen and oxygen atoms in total. The van der Waals surface area contributed by atoms with E-state index in [2.05, 4.69) is 26.0 Å². The average Bonchev–Trinajstić information content (AvgIpc) is 2.94. The van der Waals surface area contributed by atoms with E-state index in [1.54, 1.807) is 0 Å². The van der Waals surface area contributed by atoms with Gasteiger partial charge in [0.2, 0.25) is 0 Å². The number of hydrogen-bond donors (Lipinski definition) is 0. The van der Waals surface area contributed by atoms with Crippen molar-refractivity contribution in [2.24, 2.45) is 17.3 Å². The van der Waals surface area contributed by atoms with Crippen LogP contribution in [0.25, 0.3) is 0 Å². The molecule has 0 unspecified atom stereocenters. The summed E-state index contributed by atoms with van der Waals surface area (Å²) in [4.78, 5) is 24.3. The highest BCUT2D eigenvalue weighted by atomic mass is 16.5. The molecule has 2 fully saturated rings. The van der Waals surface area contributed by atoms with E-state index in [0.717, 1.165) is 44.9 Å². The molecule has 0 saturated heterocycles. The minimum atomic E-state index is -0.126. The minimum absolute atomic E-state index is 0.0621. The second-order valence-corrected chi connectivity index (χ2v) is 8.77. The van der Waals surface area contributed by atoms with Crippen molar-refractivity contribution in [3.05, 3.63) is 29.3 Å². The summed E-state index contributed by atoms with van der Waals surface area (Å²) in [6.07, 6.45) is 8.60. The van der Waals surface area contributed by atoms with Gasteiger partial charge in [-0.25, -0.2) is 0 Å². The van der Waals surface area contributed by atoms with Gasteiger partial charge in [0.15, 0.2) is 0 Å². The third-order valence-corrected chi connectivity index (χ3v) is 7.37. The molecular formula is C23H30O3. The van der Waals surface area contributed by atoms with Crippen molar-refractivity contribution in [1.29, 1.82) is 0 Å².